The van der Waals surface area contributed by atoms with Crippen LogP contribution in [0.3, 0.4) is 0 Å². The number of aromatic nitrogens is 2. The zero-order chi connectivity index (χ0) is 24.1. The van der Waals surface area contributed by atoms with E-state index in [1.807, 2.05) is 5.32 Å². The first-order valence-corrected chi connectivity index (χ1v) is 10.2. The van der Waals surface area contributed by atoms with Gasteiger partial charge < -0.3 is 20.3 Å². The summed E-state index contributed by atoms with van der Waals surface area (Å²) < 4.78 is 34.8. The molecule has 0 aliphatic rings. The van der Waals surface area contributed by atoms with E-state index in [2.05, 4.69) is 9.97 Å². The van der Waals surface area contributed by atoms with Crippen molar-refractivity contribution in [1.29, 1.82) is 0 Å². The molecule has 1 atom stereocenters. The monoisotopic (exact) mass is 477 g/mol. The number of hydrogen-bond donors (Lipinski definition) is 3. The first kappa shape index (κ1) is 23.9. The van der Waals surface area contributed by atoms with Gasteiger partial charge in [0, 0.05) is 6.42 Å². The van der Waals surface area contributed by atoms with Crippen LogP contribution >= 0.6 is 11.8 Å². The summed E-state index contributed by atoms with van der Waals surface area (Å²) in [5, 5.41) is 20.2. The highest BCUT2D eigenvalue weighted by Crippen LogP contribution is 2.37. The second-order valence-corrected chi connectivity index (χ2v) is 7.74. The van der Waals surface area contributed by atoms with Crippen molar-refractivity contribution >= 4 is 40.6 Å². The van der Waals surface area contributed by atoms with Crippen LogP contribution in [0.1, 0.15) is 23.2 Å². The molecule has 1 heterocycles. The molecule has 2 aromatic carbocycles. The number of halogens is 2. The summed E-state index contributed by atoms with van der Waals surface area (Å²) in [7, 11) is 1.03. The molecule has 0 radical (unpaired) electrons. The lowest BCUT2D eigenvalue weighted by Crippen LogP contribution is -2.41. The number of amides is 1. The van der Waals surface area contributed by atoms with Crippen LogP contribution in [0, 0.1) is 11.6 Å². The Morgan fingerprint density at radius 1 is 1.18 bits per heavy atom. The quantitative estimate of drug-likeness (QED) is 0.424. The van der Waals surface area contributed by atoms with Gasteiger partial charge in [0.25, 0.3) is 5.91 Å². The van der Waals surface area contributed by atoms with Gasteiger partial charge in [-0.1, -0.05) is 23.9 Å². The third-order valence-corrected chi connectivity index (χ3v) is 5.38. The van der Waals surface area contributed by atoms with Crippen LogP contribution in [0.5, 0.6) is 5.75 Å². The lowest BCUT2D eigenvalue weighted by atomic mass is 10.1. The van der Waals surface area contributed by atoms with Gasteiger partial charge in [-0.2, -0.15) is 0 Å². The number of para-hydroxylation sites is 2. The minimum atomic E-state index is -1.62. The smallest absolute Gasteiger partial charge is 0.326 e. The first-order valence-electron chi connectivity index (χ1n) is 9.42. The standard InChI is InChI=1S/C21H17F2N3O6S/c1-32-19-17(20(29)26-13(21(30)31)6-7-16(27)28)10(22)8-14(18(19)23)33-15-9-24-11-4-2-3-5-12(11)25-15/h2-5,8-9,13H,6-7H2,1H3,(H,26,29)(H,27,28)(H,30,31). The Bertz CT molecular complexity index is 1240. The van der Waals surface area contributed by atoms with Crippen molar-refractivity contribution in [1.82, 2.24) is 15.3 Å². The summed E-state index contributed by atoms with van der Waals surface area (Å²) in [5.41, 5.74) is 0.326. The molecule has 1 amide bonds. The fourth-order valence-corrected chi connectivity index (χ4v) is 3.74. The van der Waals surface area contributed by atoms with Crippen molar-refractivity contribution in [3.05, 3.63) is 53.7 Å². The predicted octanol–water partition coefficient (Wildman–Crippen LogP) is 3.12. The van der Waals surface area contributed by atoms with Gasteiger partial charge in [0.15, 0.2) is 11.6 Å². The molecule has 0 aliphatic heterocycles. The number of rotatable bonds is 9. The maximum atomic E-state index is 15.1. The van der Waals surface area contributed by atoms with Gasteiger partial charge in [0.1, 0.15) is 22.4 Å². The number of nitrogens with one attached hydrogen (secondary N) is 1. The lowest BCUT2D eigenvalue weighted by molar-refractivity contribution is -0.140. The number of benzene rings is 2. The van der Waals surface area contributed by atoms with Crippen molar-refractivity contribution in [2.75, 3.05) is 7.11 Å². The number of aliphatic carboxylic acids is 2. The highest BCUT2D eigenvalue weighted by Gasteiger charge is 2.29. The molecule has 1 aromatic heterocycles. The highest BCUT2D eigenvalue weighted by atomic mass is 32.2. The fourth-order valence-electron chi connectivity index (χ4n) is 2.92. The second kappa shape index (κ2) is 10.2. The average molecular weight is 477 g/mol. The summed E-state index contributed by atoms with van der Waals surface area (Å²) >= 11 is 0.764. The van der Waals surface area contributed by atoms with Gasteiger partial charge in [-0.05, 0) is 24.6 Å². The second-order valence-electron chi connectivity index (χ2n) is 6.67. The van der Waals surface area contributed by atoms with Gasteiger partial charge in [-0.3, -0.25) is 14.6 Å². The van der Waals surface area contributed by atoms with Crippen molar-refractivity contribution in [2.24, 2.45) is 0 Å². The number of carbonyl (C=O) groups excluding carboxylic acids is 1. The Balaban J connectivity index is 1.91. The maximum Gasteiger partial charge on any atom is 0.326 e. The summed E-state index contributed by atoms with van der Waals surface area (Å²) in [5.74, 6) is -7.00. The lowest BCUT2D eigenvalue weighted by Gasteiger charge is -2.17. The largest absolute Gasteiger partial charge is 0.493 e. The summed E-state index contributed by atoms with van der Waals surface area (Å²) in [4.78, 5) is 42.8. The Morgan fingerprint density at radius 3 is 2.52 bits per heavy atom. The first-order chi connectivity index (χ1) is 15.7. The number of ether oxygens (including phenoxy) is 1. The molecular formula is C21H17F2N3O6S. The molecule has 3 rings (SSSR count). The van der Waals surface area contributed by atoms with Crippen LogP contribution in [0.25, 0.3) is 11.0 Å². The molecule has 0 spiro atoms. The highest BCUT2D eigenvalue weighted by molar-refractivity contribution is 7.99. The van der Waals surface area contributed by atoms with E-state index in [4.69, 9.17) is 9.84 Å². The predicted molar refractivity (Wildman–Crippen MR) is 112 cm³/mol. The van der Waals surface area contributed by atoms with Crippen molar-refractivity contribution < 1.29 is 38.1 Å². The third kappa shape index (κ3) is 5.52. The topological polar surface area (TPSA) is 139 Å². The van der Waals surface area contributed by atoms with Crippen LogP contribution in [-0.2, 0) is 9.59 Å². The Kier molecular flexibility index (Phi) is 7.38. The van der Waals surface area contributed by atoms with E-state index in [0.29, 0.717) is 11.0 Å². The molecule has 3 aromatic rings. The van der Waals surface area contributed by atoms with Gasteiger partial charge in [0.05, 0.1) is 29.2 Å². The van der Waals surface area contributed by atoms with E-state index in [1.54, 1.807) is 24.3 Å². The molecule has 0 fully saturated rings. The maximum absolute atomic E-state index is 15.1. The summed E-state index contributed by atoms with van der Waals surface area (Å²) in [6.07, 6.45) is 0.391. The summed E-state index contributed by atoms with van der Waals surface area (Å²) in [6, 6.07) is 6.13. The number of carboxylic acids is 2. The molecule has 0 aliphatic carbocycles. The molecule has 1 unspecified atom stereocenters. The van der Waals surface area contributed by atoms with Gasteiger partial charge in [-0.25, -0.2) is 18.6 Å². The van der Waals surface area contributed by atoms with E-state index >= 15 is 4.39 Å². The number of methoxy groups -OCH3 is 1. The van der Waals surface area contributed by atoms with Crippen molar-refractivity contribution in [2.45, 2.75) is 28.8 Å². The number of nitrogens with zero attached hydrogens (tertiary/aromatic N) is 2. The Morgan fingerprint density at radius 2 is 1.88 bits per heavy atom. The molecule has 0 saturated carbocycles. The van der Waals surface area contributed by atoms with E-state index in [9.17, 15) is 23.9 Å². The molecular weight excluding hydrogens is 460 g/mol. The van der Waals surface area contributed by atoms with E-state index in [-0.39, 0.29) is 9.92 Å². The van der Waals surface area contributed by atoms with E-state index < -0.39 is 59.7 Å². The van der Waals surface area contributed by atoms with Crippen molar-refractivity contribution in [3.8, 4) is 5.75 Å². The zero-order valence-corrected chi connectivity index (χ0v) is 17.9. The van der Waals surface area contributed by atoms with Crippen molar-refractivity contribution in [3.63, 3.8) is 0 Å². The number of fused-ring (bicyclic) bond motifs is 1. The Labute approximate surface area is 189 Å². The molecule has 0 saturated heterocycles. The molecule has 33 heavy (non-hydrogen) atoms. The summed E-state index contributed by atoms with van der Waals surface area (Å²) in [6.45, 7) is 0. The van der Waals surface area contributed by atoms with Crippen LogP contribution in [0.4, 0.5) is 8.78 Å². The number of carboxylic acid groups (broad SMARTS) is 2. The van der Waals surface area contributed by atoms with Crippen LogP contribution in [-0.4, -0.2) is 51.2 Å². The molecule has 12 heteroatoms. The van der Waals surface area contributed by atoms with Crippen LogP contribution < -0.4 is 10.1 Å². The minimum Gasteiger partial charge on any atom is -0.493 e. The van der Waals surface area contributed by atoms with Gasteiger partial charge in [-0.15, -0.1) is 0 Å². The zero-order valence-electron chi connectivity index (χ0n) is 17.0. The van der Waals surface area contributed by atoms with E-state index in [1.165, 1.54) is 6.20 Å². The van der Waals surface area contributed by atoms with E-state index in [0.717, 1.165) is 24.9 Å². The average Bonchev–Trinajstić information content (AvgIpc) is 2.77. The molecule has 172 valence electrons. The number of carbonyl (C=O) groups is 3. The Hall–Kier alpha value is -3.80. The third-order valence-electron chi connectivity index (χ3n) is 4.46. The van der Waals surface area contributed by atoms with Gasteiger partial charge >= 0.3 is 11.9 Å². The number of hydrogen-bond acceptors (Lipinski definition) is 7. The minimum absolute atomic E-state index is 0.230. The molecule has 9 nitrogen and oxygen atoms in total. The molecule has 0 bridgehead atoms. The van der Waals surface area contributed by atoms with Crippen LogP contribution in [0.2, 0.25) is 0 Å². The van der Waals surface area contributed by atoms with Crippen LogP contribution in [0.15, 0.2) is 46.5 Å². The fraction of sp³-hybridized carbons (Fsp3) is 0.190. The SMILES string of the molecule is COc1c(F)c(Sc2cnc3ccccc3n2)cc(F)c1C(=O)NC(CCC(=O)O)C(=O)O. The van der Waals surface area contributed by atoms with Gasteiger partial charge in [0.2, 0.25) is 0 Å². The normalized spacial score (nSPS) is 11.7. The molecule has 3 N–H and O–H groups in total.